The zero-order valence-corrected chi connectivity index (χ0v) is 10.7. The lowest BCUT2D eigenvalue weighted by Gasteiger charge is -2.06. The monoisotopic (exact) mass is 217 g/mol. The molecule has 0 N–H and O–H groups in total. The molecule has 1 atom stereocenters. The summed E-state index contributed by atoms with van der Waals surface area (Å²) < 4.78 is 0. The predicted octanol–water partition coefficient (Wildman–Crippen LogP) is 4.35. The van der Waals surface area contributed by atoms with E-state index in [9.17, 15) is 0 Å². The lowest BCUT2D eigenvalue weighted by molar-refractivity contribution is 0.897. The largest absolute Gasteiger partial charge is 0.293 e. The smallest absolute Gasteiger partial charge is 0.0361 e. The van der Waals surface area contributed by atoms with E-state index < -0.39 is 0 Å². The molecule has 88 valence electrons. The van der Waals surface area contributed by atoms with E-state index in [1.165, 1.54) is 5.57 Å². The zero-order valence-electron chi connectivity index (χ0n) is 10.7. The summed E-state index contributed by atoms with van der Waals surface area (Å²) in [6.45, 7) is 10.8. The van der Waals surface area contributed by atoms with Crippen molar-refractivity contribution in [3.8, 4) is 0 Å². The molecule has 0 aliphatic heterocycles. The molecule has 0 aromatic carbocycles. The van der Waals surface area contributed by atoms with Gasteiger partial charge in [-0.1, -0.05) is 56.9 Å². The first-order valence-electron chi connectivity index (χ1n) is 5.92. The van der Waals surface area contributed by atoms with Crippen molar-refractivity contribution < 1.29 is 0 Å². The molecule has 0 aliphatic carbocycles. The average molecular weight is 217 g/mol. The number of nitrogens with zero attached hydrogens (tertiary/aromatic N) is 1. The first-order valence-corrected chi connectivity index (χ1v) is 5.92. The second kappa shape index (κ2) is 10.2. The third kappa shape index (κ3) is 6.99. The molecule has 0 fully saturated rings. The van der Waals surface area contributed by atoms with Gasteiger partial charge < -0.3 is 0 Å². The predicted molar refractivity (Wildman–Crippen MR) is 75.0 cm³/mol. The van der Waals surface area contributed by atoms with E-state index in [-0.39, 0.29) is 0 Å². The Balaban J connectivity index is 4.49. The van der Waals surface area contributed by atoms with E-state index in [2.05, 4.69) is 43.6 Å². The highest BCUT2D eigenvalue weighted by Crippen LogP contribution is 2.11. The van der Waals surface area contributed by atoms with Crippen molar-refractivity contribution in [1.29, 1.82) is 0 Å². The minimum absolute atomic E-state index is 0.407. The molecule has 0 heterocycles. The quantitative estimate of drug-likeness (QED) is 0.444. The van der Waals surface area contributed by atoms with Crippen LogP contribution in [0.3, 0.4) is 0 Å². The van der Waals surface area contributed by atoms with Crippen LogP contribution in [0.5, 0.6) is 0 Å². The number of rotatable bonds is 7. The van der Waals surface area contributed by atoms with Gasteiger partial charge in [0.15, 0.2) is 0 Å². The van der Waals surface area contributed by atoms with Crippen LogP contribution in [0.25, 0.3) is 0 Å². The minimum atomic E-state index is 0.407. The summed E-state index contributed by atoms with van der Waals surface area (Å²) in [6, 6.07) is 0. The summed E-state index contributed by atoms with van der Waals surface area (Å²) in [5, 5.41) is 0. The molecule has 1 unspecified atom stereocenters. The third-order valence-electron chi connectivity index (χ3n) is 2.15. The van der Waals surface area contributed by atoms with E-state index in [1.807, 2.05) is 25.3 Å². The lowest BCUT2D eigenvalue weighted by atomic mass is 10.0. The van der Waals surface area contributed by atoms with Crippen LogP contribution in [0.4, 0.5) is 0 Å². The van der Waals surface area contributed by atoms with Crippen LogP contribution in [0.15, 0.2) is 53.6 Å². The van der Waals surface area contributed by atoms with Crippen molar-refractivity contribution in [3.05, 3.63) is 48.6 Å². The molecular formula is C15H23N. The Labute approximate surface area is 100.0 Å². The molecule has 1 heteroatoms. The summed E-state index contributed by atoms with van der Waals surface area (Å²) in [4.78, 5) is 4.29. The highest BCUT2D eigenvalue weighted by atomic mass is 14.7. The van der Waals surface area contributed by atoms with Crippen LogP contribution in [0, 0.1) is 5.92 Å². The van der Waals surface area contributed by atoms with Gasteiger partial charge in [-0.15, -0.1) is 0 Å². The fourth-order valence-corrected chi connectivity index (χ4v) is 1.27. The van der Waals surface area contributed by atoms with Gasteiger partial charge in [0.05, 0.1) is 0 Å². The Morgan fingerprint density at radius 1 is 1.25 bits per heavy atom. The topological polar surface area (TPSA) is 12.4 Å². The van der Waals surface area contributed by atoms with Crippen molar-refractivity contribution in [2.24, 2.45) is 10.9 Å². The van der Waals surface area contributed by atoms with E-state index in [1.54, 1.807) is 6.08 Å². The van der Waals surface area contributed by atoms with Gasteiger partial charge in [0.1, 0.15) is 0 Å². The number of hydrogen-bond donors (Lipinski definition) is 0. The fourth-order valence-electron chi connectivity index (χ4n) is 1.27. The SMILES string of the molecule is C=C/C=C\C=C/C(C)C(/C=N\CC)=C/CC. The molecule has 0 rings (SSSR count). The molecule has 0 saturated heterocycles. The van der Waals surface area contributed by atoms with Crippen molar-refractivity contribution in [1.82, 2.24) is 0 Å². The number of allylic oxidation sites excluding steroid dienone is 7. The Bertz CT molecular complexity index is 293. The molecule has 1 nitrogen and oxygen atoms in total. The Kier molecular flexibility index (Phi) is 9.29. The first kappa shape index (κ1) is 14.6. The van der Waals surface area contributed by atoms with Gasteiger partial charge in [0.25, 0.3) is 0 Å². The lowest BCUT2D eigenvalue weighted by Crippen LogP contribution is -1.97. The fraction of sp³-hybridized carbons (Fsp3) is 0.400. The van der Waals surface area contributed by atoms with Crippen molar-refractivity contribution in [2.75, 3.05) is 6.54 Å². The Morgan fingerprint density at radius 2 is 2.00 bits per heavy atom. The summed E-state index contributed by atoms with van der Waals surface area (Å²) in [5.74, 6) is 0.407. The van der Waals surface area contributed by atoms with Gasteiger partial charge in [0.2, 0.25) is 0 Å². The maximum Gasteiger partial charge on any atom is 0.0361 e. The van der Waals surface area contributed by atoms with Gasteiger partial charge in [0, 0.05) is 18.7 Å². The zero-order chi connectivity index (χ0) is 12.2. The van der Waals surface area contributed by atoms with Crippen molar-refractivity contribution in [2.45, 2.75) is 27.2 Å². The van der Waals surface area contributed by atoms with Crippen LogP contribution >= 0.6 is 0 Å². The maximum atomic E-state index is 4.29. The number of aliphatic imine (C=N–C) groups is 1. The van der Waals surface area contributed by atoms with Crippen LogP contribution in [-0.2, 0) is 0 Å². The summed E-state index contributed by atoms with van der Waals surface area (Å²) in [5.41, 5.74) is 1.28. The van der Waals surface area contributed by atoms with E-state index in [0.717, 1.165) is 13.0 Å². The molecule has 16 heavy (non-hydrogen) atoms. The summed E-state index contributed by atoms with van der Waals surface area (Å²) >= 11 is 0. The molecule has 0 saturated carbocycles. The van der Waals surface area contributed by atoms with Crippen LogP contribution in [-0.4, -0.2) is 12.8 Å². The van der Waals surface area contributed by atoms with E-state index in [4.69, 9.17) is 0 Å². The Morgan fingerprint density at radius 3 is 2.56 bits per heavy atom. The van der Waals surface area contributed by atoms with Crippen molar-refractivity contribution >= 4 is 6.21 Å². The number of hydrogen-bond acceptors (Lipinski definition) is 1. The second-order valence-corrected chi connectivity index (χ2v) is 3.53. The summed E-state index contributed by atoms with van der Waals surface area (Å²) in [7, 11) is 0. The van der Waals surface area contributed by atoms with Gasteiger partial charge in [-0.2, -0.15) is 0 Å². The second-order valence-electron chi connectivity index (χ2n) is 3.53. The maximum absolute atomic E-state index is 4.29. The van der Waals surface area contributed by atoms with Crippen molar-refractivity contribution in [3.63, 3.8) is 0 Å². The molecule has 0 amide bonds. The van der Waals surface area contributed by atoms with Gasteiger partial charge in [-0.25, -0.2) is 0 Å². The molecule has 0 aromatic rings. The van der Waals surface area contributed by atoms with E-state index >= 15 is 0 Å². The minimum Gasteiger partial charge on any atom is -0.293 e. The molecular weight excluding hydrogens is 194 g/mol. The van der Waals surface area contributed by atoms with Crippen LogP contribution in [0.2, 0.25) is 0 Å². The van der Waals surface area contributed by atoms with Crippen LogP contribution < -0.4 is 0 Å². The molecule has 0 aromatic heterocycles. The highest BCUT2D eigenvalue weighted by molar-refractivity contribution is 5.79. The van der Waals surface area contributed by atoms with E-state index in [0.29, 0.717) is 5.92 Å². The molecule has 0 radical (unpaired) electrons. The van der Waals surface area contributed by atoms with Gasteiger partial charge in [-0.3, -0.25) is 4.99 Å². The third-order valence-corrected chi connectivity index (χ3v) is 2.15. The molecule has 0 spiro atoms. The normalized spacial score (nSPS) is 15.3. The van der Waals surface area contributed by atoms with Crippen LogP contribution in [0.1, 0.15) is 27.2 Å². The summed E-state index contributed by atoms with van der Waals surface area (Å²) in [6.07, 6.45) is 15.2. The van der Waals surface area contributed by atoms with Gasteiger partial charge >= 0.3 is 0 Å². The van der Waals surface area contributed by atoms with Gasteiger partial charge in [-0.05, 0) is 18.9 Å². The average Bonchev–Trinajstić information content (AvgIpc) is 2.29. The first-order chi connectivity index (χ1) is 7.76. The standard InChI is InChI=1S/C15H23N/c1-5-8-9-10-12-14(4)15(11-6-2)13-16-7-3/h5,8-14H,1,6-7H2,2-4H3/b9-8-,12-10-,15-11+,16-13-. The molecule has 0 bridgehead atoms. The highest BCUT2D eigenvalue weighted by Gasteiger charge is 2.00. The molecule has 0 aliphatic rings. The Hall–Kier alpha value is -1.37.